The SMILES string of the molecule is O=C(CCc1ccc(O)cc1)N1CC[C@](Cc2ccccc2)(C(=O)O)[C@@H](O)C1. The number of nitrogens with zero attached hydrogens (tertiary/aromatic N) is 1. The standard InChI is InChI=1S/C22H25NO5/c24-18-9-6-16(7-10-18)8-11-20(26)23-13-12-22(21(27)28,19(25)15-23)14-17-4-2-1-3-5-17/h1-7,9-10,19,24-25H,8,11-15H2,(H,27,28)/t19-,22+/m0/s1. The summed E-state index contributed by atoms with van der Waals surface area (Å²) in [6.45, 7) is 0.331. The highest BCUT2D eigenvalue weighted by molar-refractivity contribution is 5.79. The van der Waals surface area contributed by atoms with Crippen LogP contribution in [0, 0.1) is 5.41 Å². The van der Waals surface area contributed by atoms with Crippen molar-refractivity contribution in [3.8, 4) is 5.75 Å². The summed E-state index contributed by atoms with van der Waals surface area (Å²) in [7, 11) is 0. The summed E-state index contributed by atoms with van der Waals surface area (Å²) in [6, 6.07) is 16.0. The number of likely N-dealkylation sites (tertiary alicyclic amines) is 1. The van der Waals surface area contributed by atoms with E-state index >= 15 is 0 Å². The Kier molecular flexibility index (Phi) is 5.99. The average Bonchev–Trinajstić information content (AvgIpc) is 2.69. The Morgan fingerprint density at radius 3 is 2.32 bits per heavy atom. The first-order chi connectivity index (χ1) is 13.4. The van der Waals surface area contributed by atoms with Crippen molar-refractivity contribution >= 4 is 11.9 Å². The number of amides is 1. The fourth-order valence-corrected chi connectivity index (χ4v) is 3.77. The van der Waals surface area contributed by atoms with Crippen LogP contribution in [0.4, 0.5) is 0 Å². The van der Waals surface area contributed by atoms with Crippen LogP contribution in [0.5, 0.6) is 5.75 Å². The van der Waals surface area contributed by atoms with Crippen molar-refractivity contribution in [3.05, 3.63) is 65.7 Å². The number of hydrogen-bond acceptors (Lipinski definition) is 4. The molecule has 1 heterocycles. The number of aromatic hydroxyl groups is 1. The number of phenols is 1. The lowest BCUT2D eigenvalue weighted by Crippen LogP contribution is -2.57. The molecule has 0 aliphatic carbocycles. The van der Waals surface area contributed by atoms with Crippen LogP contribution in [0.1, 0.15) is 24.0 Å². The number of β-amino-alcohol motifs (C(OH)–C–C–N with tert-alkyl or cyclic N) is 1. The molecule has 0 aromatic heterocycles. The zero-order valence-corrected chi connectivity index (χ0v) is 15.6. The molecule has 0 bridgehead atoms. The maximum Gasteiger partial charge on any atom is 0.312 e. The van der Waals surface area contributed by atoms with Gasteiger partial charge in [0.1, 0.15) is 11.2 Å². The summed E-state index contributed by atoms with van der Waals surface area (Å²) in [5.41, 5.74) is 0.512. The van der Waals surface area contributed by atoms with Crippen LogP contribution in [0.15, 0.2) is 54.6 Å². The minimum absolute atomic E-state index is 0.0214. The predicted molar refractivity (Wildman–Crippen MR) is 104 cm³/mol. The van der Waals surface area contributed by atoms with E-state index in [1.54, 1.807) is 29.2 Å². The van der Waals surface area contributed by atoms with Gasteiger partial charge in [0, 0.05) is 19.5 Å². The molecule has 0 unspecified atom stereocenters. The molecule has 2 aromatic rings. The van der Waals surface area contributed by atoms with Crippen molar-refractivity contribution in [2.24, 2.45) is 5.41 Å². The third-order valence-electron chi connectivity index (χ3n) is 5.56. The molecule has 2 atom stereocenters. The molecule has 3 rings (SSSR count). The Hall–Kier alpha value is -2.86. The number of carboxylic acids is 1. The Morgan fingerprint density at radius 2 is 1.71 bits per heavy atom. The fourth-order valence-electron chi connectivity index (χ4n) is 3.77. The molecular weight excluding hydrogens is 358 g/mol. The van der Waals surface area contributed by atoms with Gasteiger partial charge < -0.3 is 20.2 Å². The number of aliphatic hydroxyl groups excluding tert-OH is 1. The number of hydrogen-bond donors (Lipinski definition) is 3. The third kappa shape index (κ3) is 4.34. The smallest absolute Gasteiger partial charge is 0.312 e. The van der Waals surface area contributed by atoms with Crippen LogP contribution in [0.25, 0.3) is 0 Å². The molecule has 0 radical (unpaired) electrons. The number of carboxylic acid groups (broad SMARTS) is 1. The van der Waals surface area contributed by atoms with Crippen molar-refractivity contribution in [2.45, 2.75) is 31.8 Å². The second-order valence-electron chi connectivity index (χ2n) is 7.40. The molecule has 28 heavy (non-hydrogen) atoms. The number of piperidine rings is 1. The Bertz CT molecular complexity index is 821. The lowest BCUT2D eigenvalue weighted by atomic mass is 9.71. The maximum absolute atomic E-state index is 12.5. The first-order valence-corrected chi connectivity index (χ1v) is 9.42. The Labute approximate surface area is 164 Å². The molecule has 148 valence electrons. The molecule has 6 heteroatoms. The summed E-state index contributed by atoms with van der Waals surface area (Å²) >= 11 is 0. The number of benzene rings is 2. The van der Waals surface area contributed by atoms with E-state index in [0.29, 0.717) is 13.0 Å². The van der Waals surface area contributed by atoms with Crippen LogP contribution in [0.2, 0.25) is 0 Å². The largest absolute Gasteiger partial charge is 0.508 e. The Morgan fingerprint density at radius 1 is 1.04 bits per heavy atom. The first-order valence-electron chi connectivity index (χ1n) is 9.42. The van der Waals surface area contributed by atoms with Gasteiger partial charge >= 0.3 is 5.97 Å². The zero-order valence-electron chi connectivity index (χ0n) is 15.6. The van der Waals surface area contributed by atoms with Gasteiger partial charge in [-0.15, -0.1) is 0 Å². The van der Waals surface area contributed by atoms with Gasteiger partial charge in [-0.3, -0.25) is 9.59 Å². The molecule has 6 nitrogen and oxygen atoms in total. The van der Waals surface area contributed by atoms with E-state index in [4.69, 9.17) is 0 Å². The van der Waals surface area contributed by atoms with E-state index in [2.05, 4.69) is 0 Å². The van der Waals surface area contributed by atoms with Crippen LogP contribution in [0.3, 0.4) is 0 Å². The van der Waals surface area contributed by atoms with Gasteiger partial charge in [0.2, 0.25) is 5.91 Å². The number of carbonyl (C=O) groups excluding carboxylic acids is 1. The molecule has 1 aliphatic heterocycles. The van der Waals surface area contributed by atoms with Crippen LogP contribution in [-0.4, -0.2) is 51.3 Å². The van der Waals surface area contributed by atoms with Gasteiger partial charge in [0.05, 0.1) is 6.10 Å². The molecule has 3 N–H and O–H groups in total. The molecule has 0 spiro atoms. The minimum Gasteiger partial charge on any atom is -0.508 e. The highest BCUT2D eigenvalue weighted by Crippen LogP contribution is 2.36. The monoisotopic (exact) mass is 383 g/mol. The van der Waals surface area contributed by atoms with Crippen molar-refractivity contribution in [1.82, 2.24) is 4.90 Å². The normalized spacial score (nSPS) is 22.0. The molecular formula is C22H25NO5. The van der Waals surface area contributed by atoms with Crippen molar-refractivity contribution in [1.29, 1.82) is 0 Å². The van der Waals surface area contributed by atoms with E-state index in [1.807, 2.05) is 30.3 Å². The summed E-state index contributed by atoms with van der Waals surface area (Å²) in [5.74, 6) is -0.955. The molecule has 0 saturated carbocycles. The highest BCUT2D eigenvalue weighted by Gasteiger charge is 2.49. The van der Waals surface area contributed by atoms with E-state index < -0.39 is 17.5 Å². The van der Waals surface area contributed by atoms with E-state index in [0.717, 1.165) is 11.1 Å². The molecule has 1 saturated heterocycles. The van der Waals surface area contributed by atoms with Gasteiger partial charge in [0.25, 0.3) is 0 Å². The van der Waals surface area contributed by atoms with E-state index in [-0.39, 0.29) is 37.5 Å². The topological polar surface area (TPSA) is 98.1 Å². The summed E-state index contributed by atoms with van der Waals surface area (Å²) in [6.07, 6.45) is 0.121. The second kappa shape index (κ2) is 8.44. The number of rotatable bonds is 6. The van der Waals surface area contributed by atoms with Crippen molar-refractivity contribution in [3.63, 3.8) is 0 Å². The number of aliphatic carboxylic acids is 1. The quantitative estimate of drug-likeness (QED) is 0.711. The van der Waals surface area contributed by atoms with Crippen LogP contribution >= 0.6 is 0 Å². The van der Waals surface area contributed by atoms with Gasteiger partial charge in [0.15, 0.2) is 0 Å². The van der Waals surface area contributed by atoms with Gasteiger partial charge in [-0.2, -0.15) is 0 Å². The van der Waals surface area contributed by atoms with E-state index in [9.17, 15) is 24.9 Å². The van der Waals surface area contributed by atoms with Crippen LogP contribution < -0.4 is 0 Å². The number of carbonyl (C=O) groups is 2. The van der Waals surface area contributed by atoms with Crippen LogP contribution in [-0.2, 0) is 22.4 Å². The van der Waals surface area contributed by atoms with Gasteiger partial charge in [-0.25, -0.2) is 0 Å². The average molecular weight is 383 g/mol. The highest BCUT2D eigenvalue weighted by atomic mass is 16.4. The molecule has 1 fully saturated rings. The molecule has 1 aliphatic rings. The third-order valence-corrected chi connectivity index (χ3v) is 5.56. The Balaban J connectivity index is 1.63. The first kappa shape index (κ1) is 19.9. The maximum atomic E-state index is 12.5. The lowest BCUT2D eigenvalue weighted by Gasteiger charge is -2.43. The number of phenolic OH excluding ortho intramolecular Hbond substituents is 1. The minimum atomic E-state index is -1.28. The van der Waals surface area contributed by atoms with Gasteiger partial charge in [-0.1, -0.05) is 42.5 Å². The van der Waals surface area contributed by atoms with Crippen molar-refractivity contribution < 1.29 is 24.9 Å². The fraction of sp³-hybridized carbons (Fsp3) is 0.364. The predicted octanol–water partition coefficient (Wildman–Crippen LogP) is 2.23. The van der Waals surface area contributed by atoms with Gasteiger partial charge in [-0.05, 0) is 42.5 Å². The van der Waals surface area contributed by atoms with E-state index in [1.165, 1.54) is 0 Å². The summed E-state index contributed by atoms with van der Waals surface area (Å²) in [4.78, 5) is 26.1. The summed E-state index contributed by atoms with van der Waals surface area (Å²) in [5, 5.41) is 29.8. The second-order valence-corrected chi connectivity index (χ2v) is 7.40. The molecule has 2 aromatic carbocycles. The zero-order chi connectivity index (χ0) is 20.1. The van der Waals surface area contributed by atoms with Crippen molar-refractivity contribution in [2.75, 3.05) is 13.1 Å². The number of aliphatic hydroxyl groups is 1. The summed E-state index contributed by atoms with van der Waals surface area (Å²) < 4.78 is 0. The number of aryl methyl sites for hydroxylation is 1. The lowest BCUT2D eigenvalue weighted by molar-refractivity contribution is -0.166. The molecule has 1 amide bonds.